The summed E-state index contributed by atoms with van der Waals surface area (Å²) in [5.74, 6) is -1.29. The van der Waals surface area contributed by atoms with Gasteiger partial charge in [0.15, 0.2) is 0 Å². The van der Waals surface area contributed by atoms with Gasteiger partial charge in [-0.3, -0.25) is 15.5 Å². The fourth-order valence-electron chi connectivity index (χ4n) is 1.53. The van der Waals surface area contributed by atoms with E-state index in [1.807, 2.05) is 5.48 Å². The summed E-state index contributed by atoms with van der Waals surface area (Å²) in [5.41, 5.74) is 2.98. The zero-order valence-electron chi connectivity index (χ0n) is 9.85. The van der Waals surface area contributed by atoms with Gasteiger partial charge in [0.2, 0.25) is 0 Å². The van der Waals surface area contributed by atoms with Crippen LogP contribution < -0.4 is 16.3 Å². The molecule has 0 unspecified atom stereocenters. The van der Waals surface area contributed by atoms with E-state index in [-0.39, 0.29) is 11.3 Å². The highest BCUT2D eigenvalue weighted by molar-refractivity contribution is 6.32. The van der Waals surface area contributed by atoms with Gasteiger partial charge in [0.25, 0.3) is 5.91 Å². The molecule has 0 fully saturated rings. The number of nitrogens with one attached hydrogen (secondary N) is 2. The molecule has 0 atom stereocenters. The molecule has 0 aromatic heterocycles. The molecule has 3 N–H and O–H groups in total. The number of halogens is 1. The van der Waals surface area contributed by atoms with Crippen molar-refractivity contribution in [1.29, 1.82) is 0 Å². The van der Waals surface area contributed by atoms with Gasteiger partial charge in [-0.2, -0.15) is 0 Å². The Bertz CT molecular complexity index is 602. The zero-order chi connectivity index (χ0) is 13.8. The van der Waals surface area contributed by atoms with Crippen molar-refractivity contribution in [2.75, 3.05) is 10.8 Å². The summed E-state index contributed by atoms with van der Waals surface area (Å²) >= 11 is 0. The highest BCUT2D eigenvalue weighted by atomic mass is 19.1. The fraction of sp³-hybridized carbons (Fsp3) is 0. The molecule has 0 aliphatic carbocycles. The van der Waals surface area contributed by atoms with Crippen molar-refractivity contribution in [3.05, 3.63) is 53.8 Å². The first-order valence-corrected chi connectivity index (χ1v) is 5.46. The average Bonchev–Trinajstić information content (AvgIpc) is 2.42. The van der Waals surface area contributed by atoms with Crippen LogP contribution in [0.15, 0.2) is 42.5 Å². The lowest BCUT2D eigenvalue weighted by Crippen LogP contribution is -2.14. The number of carbonyl (C=O) groups excluding carboxylic acids is 1. The highest BCUT2D eigenvalue weighted by Gasteiger charge is 2.12. The van der Waals surface area contributed by atoms with Crippen LogP contribution in [0, 0.1) is 5.82 Å². The molecule has 2 aromatic rings. The Balaban J connectivity index is 2.22. The van der Waals surface area contributed by atoms with E-state index in [1.54, 1.807) is 24.3 Å². The Morgan fingerprint density at radius 1 is 1.11 bits per heavy atom. The molecule has 0 aliphatic heterocycles. The Labute approximate surface area is 110 Å². The zero-order valence-corrected chi connectivity index (χ0v) is 9.85. The minimum absolute atomic E-state index is 0.170. The summed E-state index contributed by atoms with van der Waals surface area (Å²) in [6.07, 6.45) is 0. The minimum Gasteiger partial charge on any atom is -0.322 e. The van der Waals surface area contributed by atoms with Crippen LogP contribution in [-0.4, -0.2) is 19.0 Å². The van der Waals surface area contributed by atoms with Crippen LogP contribution in [0.25, 0.3) is 0 Å². The molecule has 0 bridgehead atoms. The SMILES string of the molecule is [B]c1ccc(NC(=O)c2cc(NO)ccc2F)cc1. The molecule has 4 nitrogen and oxygen atoms in total. The first-order chi connectivity index (χ1) is 9.10. The second kappa shape index (κ2) is 5.54. The van der Waals surface area contributed by atoms with Crippen LogP contribution in [0.1, 0.15) is 10.4 Å². The van der Waals surface area contributed by atoms with E-state index in [9.17, 15) is 9.18 Å². The van der Waals surface area contributed by atoms with Crippen LogP contribution in [0.2, 0.25) is 0 Å². The number of benzene rings is 2. The van der Waals surface area contributed by atoms with Crippen LogP contribution in [0.3, 0.4) is 0 Å². The number of anilines is 2. The second-order valence-electron chi connectivity index (χ2n) is 3.88. The Morgan fingerprint density at radius 3 is 2.37 bits per heavy atom. The molecule has 0 saturated carbocycles. The van der Waals surface area contributed by atoms with Gasteiger partial charge in [-0.05, 0) is 30.3 Å². The van der Waals surface area contributed by atoms with E-state index >= 15 is 0 Å². The predicted molar refractivity (Wildman–Crippen MR) is 71.6 cm³/mol. The smallest absolute Gasteiger partial charge is 0.258 e. The van der Waals surface area contributed by atoms with E-state index < -0.39 is 11.7 Å². The summed E-state index contributed by atoms with van der Waals surface area (Å²) in [6.45, 7) is 0. The lowest BCUT2D eigenvalue weighted by Gasteiger charge is -2.08. The normalized spacial score (nSPS) is 10.0. The van der Waals surface area contributed by atoms with Crippen LogP contribution in [0.5, 0.6) is 0 Å². The van der Waals surface area contributed by atoms with E-state index in [4.69, 9.17) is 13.1 Å². The summed E-state index contributed by atoms with van der Waals surface area (Å²) in [7, 11) is 5.52. The fourth-order valence-corrected chi connectivity index (χ4v) is 1.53. The van der Waals surface area contributed by atoms with Crippen molar-refractivity contribution < 1.29 is 14.4 Å². The summed E-state index contributed by atoms with van der Waals surface area (Å²) in [6, 6.07) is 10.1. The molecule has 6 heteroatoms. The van der Waals surface area contributed by atoms with Crippen molar-refractivity contribution in [2.45, 2.75) is 0 Å². The standard InChI is InChI=1S/C13H10BFN2O2/c14-8-1-3-9(4-2-8)16-13(18)11-7-10(17-19)5-6-12(11)15/h1-7,17,19H,(H,16,18). The summed E-state index contributed by atoms with van der Waals surface area (Å²) in [5, 5.41) is 11.3. The molecule has 0 aliphatic rings. The lowest BCUT2D eigenvalue weighted by molar-refractivity contribution is 0.102. The molecular weight excluding hydrogens is 246 g/mol. The molecule has 19 heavy (non-hydrogen) atoms. The molecule has 0 heterocycles. The van der Waals surface area contributed by atoms with E-state index in [1.165, 1.54) is 12.1 Å². The largest absolute Gasteiger partial charge is 0.322 e. The van der Waals surface area contributed by atoms with E-state index in [0.29, 0.717) is 11.2 Å². The van der Waals surface area contributed by atoms with Crippen molar-refractivity contribution in [3.63, 3.8) is 0 Å². The Hall–Kier alpha value is -2.34. The quantitative estimate of drug-likeness (QED) is 0.578. The van der Waals surface area contributed by atoms with Crippen LogP contribution in [-0.2, 0) is 0 Å². The monoisotopic (exact) mass is 256 g/mol. The van der Waals surface area contributed by atoms with E-state index in [0.717, 1.165) is 6.07 Å². The topological polar surface area (TPSA) is 61.4 Å². The predicted octanol–water partition coefficient (Wildman–Crippen LogP) is 1.67. The molecule has 0 spiro atoms. The minimum atomic E-state index is -0.674. The number of carbonyl (C=O) groups is 1. The van der Waals surface area contributed by atoms with Crippen molar-refractivity contribution in [3.8, 4) is 0 Å². The summed E-state index contributed by atoms with van der Waals surface area (Å²) in [4.78, 5) is 11.9. The number of hydrogen-bond acceptors (Lipinski definition) is 3. The van der Waals surface area contributed by atoms with Crippen molar-refractivity contribution in [2.24, 2.45) is 0 Å². The maximum atomic E-state index is 13.5. The molecule has 1 amide bonds. The lowest BCUT2D eigenvalue weighted by atomic mass is 9.96. The first-order valence-electron chi connectivity index (χ1n) is 5.46. The van der Waals surface area contributed by atoms with Gasteiger partial charge < -0.3 is 5.32 Å². The van der Waals surface area contributed by atoms with Crippen molar-refractivity contribution in [1.82, 2.24) is 0 Å². The van der Waals surface area contributed by atoms with Gasteiger partial charge in [-0.1, -0.05) is 17.6 Å². The van der Waals surface area contributed by atoms with Gasteiger partial charge in [0.05, 0.1) is 11.3 Å². The molecule has 94 valence electrons. The Morgan fingerprint density at radius 2 is 1.74 bits per heavy atom. The number of hydrogen-bond donors (Lipinski definition) is 3. The third-order valence-corrected chi connectivity index (χ3v) is 2.51. The molecule has 2 rings (SSSR count). The maximum Gasteiger partial charge on any atom is 0.258 e. The van der Waals surface area contributed by atoms with E-state index in [2.05, 4.69) is 5.32 Å². The third-order valence-electron chi connectivity index (χ3n) is 2.51. The van der Waals surface area contributed by atoms with Gasteiger partial charge >= 0.3 is 0 Å². The number of amides is 1. The molecule has 2 aromatic carbocycles. The average molecular weight is 256 g/mol. The first kappa shape index (κ1) is 13.1. The van der Waals surface area contributed by atoms with Gasteiger partial charge in [-0.15, -0.1) is 0 Å². The highest BCUT2D eigenvalue weighted by Crippen LogP contribution is 2.16. The van der Waals surface area contributed by atoms with Gasteiger partial charge in [0.1, 0.15) is 13.7 Å². The Kier molecular flexibility index (Phi) is 3.82. The summed E-state index contributed by atoms with van der Waals surface area (Å²) < 4.78 is 13.5. The van der Waals surface area contributed by atoms with Crippen LogP contribution >= 0.6 is 0 Å². The maximum absolute atomic E-state index is 13.5. The number of rotatable bonds is 3. The second-order valence-corrected chi connectivity index (χ2v) is 3.88. The third kappa shape index (κ3) is 3.11. The van der Waals surface area contributed by atoms with Gasteiger partial charge in [-0.25, -0.2) is 4.39 Å². The van der Waals surface area contributed by atoms with Crippen molar-refractivity contribution >= 4 is 30.6 Å². The molecule has 2 radical (unpaired) electrons. The van der Waals surface area contributed by atoms with Gasteiger partial charge in [0, 0.05) is 5.69 Å². The molecular formula is C13H10BFN2O2. The van der Waals surface area contributed by atoms with Crippen LogP contribution in [0.4, 0.5) is 15.8 Å². The molecule has 0 saturated heterocycles.